The van der Waals surface area contributed by atoms with Crippen LogP contribution in [0.2, 0.25) is 0 Å². The second-order valence-corrected chi connectivity index (χ2v) is 4.28. The first-order valence-corrected chi connectivity index (χ1v) is 5.84. The lowest BCUT2D eigenvalue weighted by molar-refractivity contribution is 0.104. The maximum absolute atomic E-state index is 11.6. The average Bonchev–Trinajstić information content (AvgIpc) is 2.72. The first-order valence-electron chi connectivity index (χ1n) is 5.00. The van der Waals surface area contributed by atoms with Crippen molar-refractivity contribution in [1.82, 2.24) is 4.37 Å². The lowest BCUT2D eigenvalue weighted by Gasteiger charge is -2.12. The van der Waals surface area contributed by atoms with Gasteiger partial charge in [-0.15, -0.1) is 0 Å². The smallest absolute Gasteiger partial charge is 0.205 e. The lowest BCUT2D eigenvalue weighted by atomic mass is 9.94. The Morgan fingerprint density at radius 1 is 1.36 bits per heavy atom. The first kappa shape index (κ1) is 9.59. The molecule has 0 N–H and O–H groups in total. The molecule has 1 heterocycles. The van der Waals surface area contributed by atoms with E-state index >= 15 is 0 Å². The highest BCUT2D eigenvalue weighted by atomic mass is 32.1. The van der Waals surface area contributed by atoms with Crippen molar-refractivity contribution in [2.45, 2.75) is 32.1 Å². The van der Waals surface area contributed by atoms with Gasteiger partial charge < -0.3 is 0 Å². The van der Waals surface area contributed by atoms with Crippen molar-refractivity contribution < 1.29 is 4.79 Å². The molecule has 0 atom stereocenters. The summed E-state index contributed by atoms with van der Waals surface area (Å²) in [5.41, 5.74) is 1.89. The van der Waals surface area contributed by atoms with Crippen LogP contribution < -0.4 is 0 Å². The van der Waals surface area contributed by atoms with Crippen molar-refractivity contribution in [2.75, 3.05) is 0 Å². The normalized spacial score (nSPS) is 16.7. The summed E-state index contributed by atoms with van der Waals surface area (Å²) < 4.78 is 4.03. The molecule has 74 valence electrons. The molecule has 0 aliphatic heterocycles. The standard InChI is InChI=1S/C11H13NOS/c13-11(10-6-7-14-12-10)8-9-4-2-1-3-5-9/h6-8H,1-5H2. The summed E-state index contributed by atoms with van der Waals surface area (Å²) in [6, 6.07) is 1.78. The van der Waals surface area contributed by atoms with Crippen LogP contribution in [0.4, 0.5) is 0 Å². The number of allylic oxidation sites excluding steroid dienone is 2. The van der Waals surface area contributed by atoms with E-state index in [1.54, 1.807) is 12.1 Å². The van der Waals surface area contributed by atoms with Gasteiger partial charge in [0.15, 0.2) is 0 Å². The van der Waals surface area contributed by atoms with Crippen LogP contribution in [0.25, 0.3) is 0 Å². The molecule has 0 unspecified atom stereocenters. The van der Waals surface area contributed by atoms with E-state index in [2.05, 4.69) is 4.37 Å². The third-order valence-electron chi connectivity index (χ3n) is 2.52. The number of hydrogen-bond acceptors (Lipinski definition) is 3. The van der Waals surface area contributed by atoms with Crippen LogP contribution in [-0.4, -0.2) is 10.2 Å². The van der Waals surface area contributed by atoms with Crippen LogP contribution in [0.1, 0.15) is 42.6 Å². The molecule has 14 heavy (non-hydrogen) atoms. The van der Waals surface area contributed by atoms with E-state index in [1.807, 2.05) is 5.38 Å². The van der Waals surface area contributed by atoms with Crippen molar-refractivity contribution >= 4 is 17.3 Å². The van der Waals surface area contributed by atoms with Gasteiger partial charge >= 0.3 is 0 Å². The summed E-state index contributed by atoms with van der Waals surface area (Å²) in [5.74, 6) is 0.0724. The number of carbonyl (C=O) groups is 1. The summed E-state index contributed by atoms with van der Waals surface area (Å²) >= 11 is 1.33. The highest BCUT2D eigenvalue weighted by Gasteiger charge is 2.09. The van der Waals surface area contributed by atoms with Gasteiger partial charge in [0.2, 0.25) is 5.78 Å². The van der Waals surface area contributed by atoms with Gasteiger partial charge in [-0.25, -0.2) is 0 Å². The van der Waals surface area contributed by atoms with E-state index in [4.69, 9.17) is 0 Å². The molecular weight excluding hydrogens is 194 g/mol. The molecule has 2 rings (SSSR count). The predicted molar refractivity (Wildman–Crippen MR) is 57.6 cm³/mol. The summed E-state index contributed by atoms with van der Waals surface area (Å²) in [5, 5.41) is 1.84. The molecule has 0 radical (unpaired) electrons. The molecule has 0 bridgehead atoms. The maximum atomic E-state index is 11.6. The van der Waals surface area contributed by atoms with Crippen molar-refractivity contribution in [3.8, 4) is 0 Å². The molecule has 1 aromatic rings. The molecule has 2 nitrogen and oxygen atoms in total. The monoisotopic (exact) mass is 207 g/mol. The molecule has 3 heteroatoms. The predicted octanol–water partition coefficient (Wildman–Crippen LogP) is 3.22. The molecule has 1 fully saturated rings. The fourth-order valence-corrected chi connectivity index (χ4v) is 2.26. The molecule has 0 spiro atoms. The molecular formula is C11H13NOS. The molecule has 0 amide bonds. The number of hydrogen-bond donors (Lipinski definition) is 0. The first-order chi connectivity index (χ1) is 6.86. The SMILES string of the molecule is O=C(C=C1CCCCC1)c1ccsn1. The Morgan fingerprint density at radius 3 is 2.79 bits per heavy atom. The van der Waals surface area contributed by atoms with E-state index in [9.17, 15) is 4.79 Å². The molecule has 1 saturated carbocycles. The molecule has 0 aromatic carbocycles. The molecule has 0 saturated heterocycles. The number of carbonyl (C=O) groups excluding carboxylic acids is 1. The van der Waals surface area contributed by atoms with Crippen molar-refractivity contribution in [1.29, 1.82) is 0 Å². The fraction of sp³-hybridized carbons (Fsp3) is 0.455. The number of aromatic nitrogens is 1. The van der Waals surface area contributed by atoms with Crippen molar-refractivity contribution in [3.05, 3.63) is 28.8 Å². The van der Waals surface area contributed by atoms with Gasteiger partial charge in [0.25, 0.3) is 0 Å². The van der Waals surface area contributed by atoms with Crippen LogP contribution in [-0.2, 0) is 0 Å². The van der Waals surface area contributed by atoms with E-state index in [0.29, 0.717) is 5.69 Å². The van der Waals surface area contributed by atoms with Crippen LogP contribution in [0.15, 0.2) is 23.1 Å². The van der Waals surface area contributed by atoms with Gasteiger partial charge in [-0.2, -0.15) is 4.37 Å². The van der Waals surface area contributed by atoms with Crippen LogP contribution in [0.3, 0.4) is 0 Å². The highest BCUT2D eigenvalue weighted by Crippen LogP contribution is 2.23. The number of ketones is 1. The van der Waals surface area contributed by atoms with E-state index in [-0.39, 0.29) is 5.78 Å². The van der Waals surface area contributed by atoms with Crippen LogP contribution in [0.5, 0.6) is 0 Å². The van der Waals surface area contributed by atoms with Gasteiger partial charge in [0.05, 0.1) is 0 Å². The highest BCUT2D eigenvalue weighted by molar-refractivity contribution is 7.03. The summed E-state index contributed by atoms with van der Waals surface area (Å²) in [7, 11) is 0. The largest absolute Gasteiger partial charge is 0.287 e. The zero-order valence-electron chi connectivity index (χ0n) is 8.03. The Kier molecular flexibility index (Phi) is 3.09. The second-order valence-electron chi connectivity index (χ2n) is 3.61. The van der Waals surface area contributed by atoms with Crippen LogP contribution in [0, 0.1) is 0 Å². The van der Waals surface area contributed by atoms with Gasteiger partial charge in [-0.05, 0) is 49.4 Å². The third-order valence-corrected chi connectivity index (χ3v) is 3.08. The van der Waals surface area contributed by atoms with Crippen molar-refractivity contribution in [2.24, 2.45) is 0 Å². The Bertz CT molecular complexity index is 332. The van der Waals surface area contributed by atoms with Gasteiger partial charge in [-0.1, -0.05) is 12.0 Å². The summed E-state index contributed by atoms with van der Waals surface area (Å²) in [6.07, 6.45) is 7.74. The fourth-order valence-electron chi connectivity index (χ4n) is 1.75. The zero-order chi connectivity index (χ0) is 9.80. The quantitative estimate of drug-likeness (QED) is 0.550. The molecule has 1 aliphatic carbocycles. The number of nitrogens with zero attached hydrogens (tertiary/aromatic N) is 1. The van der Waals surface area contributed by atoms with E-state index < -0.39 is 0 Å². The number of rotatable bonds is 2. The maximum Gasteiger partial charge on any atom is 0.205 e. The molecule has 1 aromatic heterocycles. The topological polar surface area (TPSA) is 30.0 Å². The minimum absolute atomic E-state index is 0.0724. The Hall–Kier alpha value is -0.960. The molecule has 1 aliphatic rings. The van der Waals surface area contributed by atoms with E-state index in [0.717, 1.165) is 12.8 Å². The minimum atomic E-state index is 0.0724. The Morgan fingerprint density at radius 2 is 2.14 bits per heavy atom. The van der Waals surface area contributed by atoms with Gasteiger partial charge in [0.1, 0.15) is 5.69 Å². The Balaban J connectivity index is 2.05. The summed E-state index contributed by atoms with van der Waals surface area (Å²) in [4.78, 5) is 11.6. The van der Waals surface area contributed by atoms with Crippen LogP contribution >= 0.6 is 11.5 Å². The average molecular weight is 207 g/mol. The summed E-state index contributed by atoms with van der Waals surface area (Å²) in [6.45, 7) is 0. The minimum Gasteiger partial charge on any atom is -0.287 e. The van der Waals surface area contributed by atoms with Gasteiger partial charge in [-0.3, -0.25) is 4.79 Å². The second kappa shape index (κ2) is 4.51. The third kappa shape index (κ3) is 2.29. The van der Waals surface area contributed by atoms with Gasteiger partial charge in [0, 0.05) is 5.38 Å². The Labute approximate surface area is 87.8 Å². The van der Waals surface area contributed by atoms with Crippen molar-refractivity contribution in [3.63, 3.8) is 0 Å². The van der Waals surface area contributed by atoms with E-state index in [1.165, 1.54) is 36.4 Å². The lowest BCUT2D eigenvalue weighted by Crippen LogP contribution is -2.00. The zero-order valence-corrected chi connectivity index (χ0v) is 8.85.